The molecule has 4 aromatic carbocycles. The van der Waals surface area contributed by atoms with Gasteiger partial charge < -0.3 is 85.7 Å². The van der Waals surface area contributed by atoms with E-state index in [-0.39, 0.29) is 30.6 Å². The molecule has 2 aliphatic heterocycles. The largest absolute Gasteiger partial charge is 0.497 e. The van der Waals surface area contributed by atoms with Crippen LogP contribution in [0, 0.1) is 23.7 Å². The van der Waals surface area contributed by atoms with Crippen LogP contribution in [0.2, 0.25) is 51.4 Å². The second-order valence-electron chi connectivity index (χ2n) is 26.7. The number of halogens is 2. The summed E-state index contributed by atoms with van der Waals surface area (Å²) in [6.45, 7) is 27.3. The van der Waals surface area contributed by atoms with Crippen LogP contribution < -0.4 is 28.4 Å². The maximum absolute atomic E-state index is 13.4. The van der Waals surface area contributed by atoms with Gasteiger partial charge in [-0.2, -0.15) is 0 Å². The number of ether oxygens (including phenoxy) is 16. The molecule has 0 amide bonds. The lowest BCUT2D eigenvalue weighted by atomic mass is 10.0. The highest BCUT2D eigenvalue weighted by Crippen LogP contribution is 2.36. The molecule has 4 aromatic rings. The van der Waals surface area contributed by atoms with Gasteiger partial charge in [-0.1, -0.05) is 113 Å². The standard InChI is InChI=1S/C37H52O10Si.C24H36O8Si.C13H16Br2O2/c1-26(23-43-24-27-14-16-29(41-5)17-15-27)13-18-31(38)35-32(46-37(2,3)47-35)12-10-11-28-21-30(42-6)22-33(45-25-40-4)34(28)36(39)44-19-20-48(7,8)9;1-24(2)31-19(21(15-25)32-24)10-8-9-17-13-18(28-4)14-20(30-16-27-3)22(17)23(26)29-11-12-33(5,6)7;1-10(7-13(14)15)8-17-9-11-3-5-12(16-2)6-4-11/h10-11,14-17,21-22,26,31-32,35,38H,12,19-20,23-25H2,1-9H3;8-9,13-15,19,21H,10-12,16H2,1-7H3;3-7,10H,8-9H2,1-2H3/b11-10+;9-8+;/t26-,31?,32-,35+;19-,21+;10-/m001/s1. The van der Waals surface area contributed by atoms with Crippen molar-refractivity contribution in [2.45, 2.75) is 161 Å². The molecule has 0 spiro atoms. The minimum absolute atomic E-state index is 0.0329. The van der Waals surface area contributed by atoms with Crippen LogP contribution in [0.15, 0.2) is 94.4 Å². The molecule has 2 aliphatic rings. The number of hydrogen-bond donors (Lipinski definition) is 1. The molecule has 2 fully saturated rings. The third-order valence-corrected chi connectivity index (χ3v) is 18.6. The normalized spacial score (nSPS) is 17.9. The Bertz CT molecular complexity index is 3240. The highest BCUT2D eigenvalue weighted by molar-refractivity contribution is 9.28. The monoisotopic (exact) mass is 1530 g/mol. The Hall–Kier alpha value is -5.90. The van der Waals surface area contributed by atoms with Crippen LogP contribution in [0.3, 0.4) is 0 Å². The van der Waals surface area contributed by atoms with Gasteiger partial charge in [-0.3, -0.25) is 0 Å². The Morgan fingerprint density at radius 2 is 1.02 bits per heavy atom. The van der Waals surface area contributed by atoms with Gasteiger partial charge in [0.1, 0.15) is 63.9 Å². The Morgan fingerprint density at radius 1 is 0.592 bits per heavy atom. The molecular formula is C74H104Br2O20Si2. The van der Waals surface area contributed by atoms with Crippen molar-refractivity contribution in [2.75, 3.05) is 82.7 Å². The summed E-state index contributed by atoms with van der Waals surface area (Å²) in [5, 5.41) is 11.1. The molecule has 20 nitrogen and oxygen atoms in total. The highest BCUT2D eigenvalue weighted by Gasteiger charge is 2.44. The van der Waals surface area contributed by atoms with Gasteiger partial charge in [0.05, 0.1) is 83.7 Å². The zero-order chi connectivity index (χ0) is 72.6. The van der Waals surface area contributed by atoms with E-state index in [9.17, 15) is 19.5 Å². The van der Waals surface area contributed by atoms with Gasteiger partial charge in [0.25, 0.3) is 0 Å². The van der Waals surface area contributed by atoms with Crippen molar-refractivity contribution in [3.8, 4) is 46.3 Å². The van der Waals surface area contributed by atoms with Gasteiger partial charge in [0.15, 0.2) is 31.4 Å². The number of aliphatic hydroxyl groups excluding tert-OH is 1. The van der Waals surface area contributed by atoms with E-state index in [1.807, 2.05) is 67.6 Å². The Kier molecular flexibility index (Phi) is 36.6. The van der Waals surface area contributed by atoms with E-state index in [0.717, 1.165) is 44.4 Å². The van der Waals surface area contributed by atoms with Crippen molar-refractivity contribution in [1.82, 2.24) is 0 Å². The zero-order valence-corrected chi connectivity index (χ0v) is 65.6. The summed E-state index contributed by atoms with van der Waals surface area (Å²) in [6.07, 6.45) is 7.53. The maximum Gasteiger partial charge on any atom is 0.342 e. The minimum atomic E-state index is -1.41. The average molecular weight is 1530 g/mol. The molecule has 7 atom stereocenters. The van der Waals surface area contributed by atoms with Gasteiger partial charge in [-0.05, 0) is 156 Å². The quantitative estimate of drug-likeness (QED) is 0.0149. The summed E-state index contributed by atoms with van der Waals surface area (Å²) in [5.74, 6) is 6.87. The van der Waals surface area contributed by atoms with Crippen LogP contribution in [0.1, 0.15) is 97.4 Å². The van der Waals surface area contributed by atoms with Crippen LogP contribution in [0.4, 0.5) is 0 Å². The molecule has 542 valence electrons. The first kappa shape index (κ1) is 84.5. The number of carbonyl (C=O) groups excluding carboxylic acids is 3. The summed E-state index contributed by atoms with van der Waals surface area (Å²) in [7, 11) is 6.61. The lowest BCUT2D eigenvalue weighted by Crippen LogP contribution is -2.34. The van der Waals surface area contributed by atoms with Gasteiger partial charge >= 0.3 is 11.9 Å². The van der Waals surface area contributed by atoms with Gasteiger partial charge in [-0.15, -0.1) is 0 Å². The second-order valence-corrected chi connectivity index (χ2v) is 40.7. The molecule has 0 aliphatic carbocycles. The molecule has 0 radical (unpaired) electrons. The third-order valence-electron chi connectivity index (χ3n) is 14.6. The van der Waals surface area contributed by atoms with Crippen molar-refractivity contribution in [3.05, 3.63) is 128 Å². The molecule has 0 saturated carbocycles. The van der Waals surface area contributed by atoms with E-state index >= 15 is 0 Å². The number of aldehydes is 1. The van der Waals surface area contributed by atoms with E-state index in [4.69, 9.17) is 75.8 Å². The van der Waals surface area contributed by atoms with Crippen molar-refractivity contribution >= 4 is 78.4 Å². The predicted octanol–water partition coefficient (Wildman–Crippen LogP) is 15.1. The smallest absolute Gasteiger partial charge is 0.342 e. The highest BCUT2D eigenvalue weighted by atomic mass is 79.9. The number of aliphatic hydroxyl groups is 1. The minimum Gasteiger partial charge on any atom is -0.497 e. The van der Waals surface area contributed by atoms with Crippen LogP contribution in [-0.4, -0.2) is 164 Å². The van der Waals surface area contributed by atoms with E-state index in [2.05, 4.69) is 96.0 Å². The van der Waals surface area contributed by atoms with E-state index in [0.29, 0.717) is 92.5 Å². The molecule has 2 heterocycles. The Balaban J connectivity index is 0.000000350. The Labute approximate surface area is 599 Å². The first-order valence-corrected chi connectivity index (χ1v) is 41.5. The SMILES string of the molecule is COCOc1cc(OC)cc(/C=C/C[C@@H]2OC(C)(C)O[C@@H]2C(O)C#C[C@H](C)COCc2ccc(OC)cc2)c1C(=O)OCC[Si](C)(C)C.COCOc1cc(OC)cc(/C=C/C[C@@H]2OC(C)(C)O[C@@H]2C=O)c1C(=O)OCC[Si](C)(C)C.COc1ccc(COC[C@H](C)C=C(Br)Br)cc1. The molecule has 0 bridgehead atoms. The van der Waals surface area contributed by atoms with Crippen LogP contribution >= 0.6 is 31.9 Å². The van der Waals surface area contributed by atoms with Crippen molar-refractivity contribution < 1.29 is 95.3 Å². The molecular weight excluding hydrogens is 1420 g/mol. The van der Waals surface area contributed by atoms with E-state index in [1.165, 1.54) is 21.3 Å². The van der Waals surface area contributed by atoms with Crippen LogP contribution in [-0.2, 0) is 65.4 Å². The second kappa shape index (κ2) is 42.4. The number of benzene rings is 4. The number of hydrogen-bond acceptors (Lipinski definition) is 20. The third kappa shape index (κ3) is 31.3. The number of esters is 2. The fourth-order valence-corrected chi connectivity index (χ4v) is 11.9. The van der Waals surface area contributed by atoms with Crippen molar-refractivity contribution in [3.63, 3.8) is 0 Å². The number of carbonyl (C=O) groups is 3. The van der Waals surface area contributed by atoms with Gasteiger partial charge in [-0.25, -0.2) is 9.59 Å². The first-order chi connectivity index (χ1) is 46.4. The molecule has 24 heteroatoms. The molecule has 98 heavy (non-hydrogen) atoms. The van der Waals surface area contributed by atoms with Crippen molar-refractivity contribution in [2.24, 2.45) is 11.8 Å². The average Bonchev–Trinajstić information content (AvgIpc) is 0.823. The molecule has 2 saturated heterocycles. The number of methoxy groups -OCH3 is 6. The molecule has 0 aromatic heterocycles. The summed E-state index contributed by atoms with van der Waals surface area (Å²) >= 11 is 6.67. The lowest BCUT2D eigenvalue weighted by Gasteiger charge is -2.18. The fraction of sp³-hybridized carbons (Fsp3) is 0.527. The lowest BCUT2D eigenvalue weighted by molar-refractivity contribution is -0.152. The summed E-state index contributed by atoms with van der Waals surface area (Å²) < 4.78 is 90.0. The predicted molar refractivity (Wildman–Crippen MR) is 392 cm³/mol. The first-order valence-electron chi connectivity index (χ1n) is 32.5. The Morgan fingerprint density at radius 3 is 1.44 bits per heavy atom. The molecule has 1 unspecified atom stereocenters. The van der Waals surface area contributed by atoms with Crippen molar-refractivity contribution in [1.29, 1.82) is 0 Å². The zero-order valence-electron chi connectivity index (χ0n) is 60.4. The fourth-order valence-electron chi connectivity index (χ4n) is 9.58. The van der Waals surface area contributed by atoms with E-state index in [1.54, 1.807) is 85.4 Å². The maximum atomic E-state index is 13.4. The summed E-state index contributed by atoms with van der Waals surface area (Å²) in [6, 6.07) is 24.0. The molecule has 1 N–H and O–H groups in total. The summed E-state index contributed by atoms with van der Waals surface area (Å²) in [5.41, 5.74) is 3.87. The topological polar surface area (TPSA) is 219 Å². The van der Waals surface area contributed by atoms with Crippen LogP contribution in [0.25, 0.3) is 12.2 Å². The van der Waals surface area contributed by atoms with Gasteiger partial charge in [0.2, 0.25) is 0 Å². The molecule has 6 rings (SSSR count). The van der Waals surface area contributed by atoms with E-state index < -0.39 is 70.2 Å². The van der Waals surface area contributed by atoms with Gasteiger partial charge in [0, 0.05) is 48.4 Å². The summed E-state index contributed by atoms with van der Waals surface area (Å²) in [4.78, 5) is 37.8. The van der Waals surface area contributed by atoms with Crippen LogP contribution in [0.5, 0.6) is 34.5 Å². The number of rotatable bonds is 35.